The van der Waals surface area contributed by atoms with E-state index in [1.54, 1.807) is 42.2 Å². The van der Waals surface area contributed by atoms with Gasteiger partial charge in [0.15, 0.2) is 0 Å². The van der Waals surface area contributed by atoms with Gasteiger partial charge in [-0.25, -0.2) is 0 Å². The van der Waals surface area contributed by atoms with Gasteiger partial charge < -0.3 is 16.0 Å². The largest absolute Gasteiger partial charge is 0.352 e. The molecule has 1 amide bonds. The van der Waals surface area contributed by atoms with Crippen molar-refractivity contribution in [3.8, 4) is 6.07 Å². The van der Waals surface area contributed by atoms with Gasteiger partial charge in [0.25, 0.3) is 5.91 Å². The van der Waals surface area contributed by atoms with Crippen LogP contribution in [0.5, 0.6) is 0 Å². The number of allylic oxidation sites excluding steroid dienone is 1. The van der Waals surface area contributed by atoms with Gasteiger partial charge in [-0.2, -0.15) is 10.4 Å². The number of aromatic nitrogens is 3. The third kappa shape index (κ3) is 4.20. The van der Waals surface area contributed by atoms with Crippen LogP contribution in [-0.4, -0.2) is 26.9 Å². The van der Waals surface area contributed by atoms with Gasteiger partial charge in [-0.05, 0) is 30.7 Å². The highest BCUT2D eigenvalue weighted by molar-refractivity contribution is 6.08. The van der Waals surface area contributed by atoms with Gasteiger partial charge in [-0.15, -0.1) is 0 Å². The van der Waals surface area contributed by atoms with Crippen molar-refractivity contribution in [3.05, 3.63) is 71.8 Å². The number of nitriles is 1. The highest BCUT2D eigenvalue weighted by atomic mass is 16.1. The van der Waals surface area contributed by atoms with Gasteiger partial charge in [0.05, 0.1) is 23.0 Å². The van der Waals surface area contributed by atoms with Gasteiger partial charge in [0.1, 0.15) is 6.07 Å². The van der Waals surface area contributed by atoms with Crippen LogP contribution < -0.4 is 10.6 Å². The van der Waals surface area contributed by atoms with Gasteiger partial charge >= 0.3 is 0 Å². The Morgan fingerprint density at radius 2 is 2.10 bits per heavy atom. The molecule has 3 rings (SSSR count). The molecule has 29 heavy (non-hydrogen) atoms. The van der Waals surface area contributed by atoms with Crippen molar-refractivity contribution in [1.82, 2.24) is 14.8 Å². The number of anilines is 3. The molecule has 0 saturated heterocycles. The van der Waals surface area contributed by atoms with E-state index in [9.17, 15) is 10.1 Å². The number of nitrogens with zero attached hydrogens (tertiary/aromatic N) is 4. The van der Waals surface area contributed by atoms with Crippen molar-refractivity contribution in [2.24, 2.45) is 7.05 Å². The maximum Gasteiger partial charge on any atom is 0.257 e. The second-order valence-electron chi connectivity index (χ2n) is 6.43. The average Bonchev–Trinajstić information content (AvgIpc) is 3.12. The zero-order valence-electron chi connectivity index (χ0n) is 16.0. The number of pyridine rings is 1. The Hall–Kier alpha value is -4.25. The molecule has 8 heteroatoms. The molecule has 0 aliphatic rings. The Kier molecular flexibility index (Phi) is 5.51. The van der Waals surface area contributed by atoms with Crippen LogP contribution in [0.25, 0.3) is 5.57 Å². The molecule has 0 aliphatic carbocycles. The molecule has 0 unspecified atom stereocenters. The molecule has 2 aromatic heterocycles. The lowest BCUT2D eigenvalue weighted by atomic mass is 9.98. The zero-order valence-corrected chi connectivity index (χ0v) is 16.0. The Bertz CT molecular complexity index is 1150. The normalized spacial score (nSPS) is 10.1. The van der Waals surface area contributed by atoms with Crippen LogP contribution in [0.3, 0.4) is 0 Å². The molecule has 0 saturated carbocycles. The molecular formula is C21H19N7O. The number of hydrogen-bond donors (Lipinski definition) is 3. The minimum absolute atomic E-state index is 0.273. The molecule has 2 heterocycles. The highest BCUT2D eigenvalue weighted by Gasteiger charge is 2.17. The Morgan fingerprint density at radius 3 is 2.72 bits per heavy atom. The number of hydrogen-bond acceptors (Lipinski definition) is 6. The summed E-state index contributed by atoms with van der Waals surface area (Å²) in [6, 6.07) is 7.20. The first kappa shape index (κ1) is 19.5. The van der Waals surface area contributed by atoms with Crippen LogP contribution in [0.2, 0.25) is 0 Å². The van der Waals surface area contributed by atoms with Crippen LogP contribution in [0.1, 0.15) is 34.0 Å². The summed E-state index contributed by atoms with van der Waals surface area (Å²) in [5.41, 5.74) is 4.24. The molecule has 0 aliphatic heterocycles. The van der Waals surface area contributed by atoms with Gasteiger partial charge in [0.2, 0.25) is 0 Å². The van der Waals surface area contributed by atoms with E-state index >= 15 is 0 Å². The molecular weight excluding hydrogens is 366 g/mol. The van der Waals surface area contributed by atoms with Crippen LogP contribution in [0, 0.1) is 16.7 Å². The maximum atomic E-state index is 12.9. The lowest BCUT2D eigenvalue weighted by molar-refractivity contribution is 0.102. The monoisotopic (exact) mass is 385 g/mol. The van der Waals surface area contributed by atoms with Crippen molar-refractivity contribution in [2.75, 3.05) is 10.6 Å². The van der Waals surface area contributed by atoms with Crippen molar-refractivity contribution in [3.63, 3.8) is 0 Å². The first-order chi connectivity index (χ1) is 13.9. The van der Waals surface area contributed by atoms with Crippen LogP contribution in [-0.2, 0) is 7.05 Å². The lowest BCUT2D eigenvalue weighted by Gasteiger charge is -2.13. The minimum Gasteiger partial charge on any atom is -0.352 e. The minimum atomic E-state index is -0.400. The predicted molar refractivity (Wildman–Crippen MR) is 112 cm³/mol. The molecule has 0 spiro atoms. The van der Waals surface area contributed by atoms with E-state index in [4.69, 9.17) is 5.41 Å². The van der Waals surface area contributed by atoms with E-state index in [-0.39, 0.29) is 5.56 Å². The number of carbonyl (C=O) groups excluding carboxylic acids is 1. The van der Waals surface area contributed by atoms with Gasteiger partial charge in [-0.3, -0.25) is 14.5 Å². The summed E-state index contributed by atoms with van der Waals surface area (Å²) < 4.78 is 1.66. The number of nitrogens with one attached hydrogen (secondary N) is 3. The van der Waals surface area contributed by atoms with Crippen molar-refractivity contribution >= 4 is 34.8 Å². The van der Waals surface area contributed by atoms with E-state index in [2.05, 4.69) is 27.3 Å². The number of rotatable bonds is 6. The Morgan fingerprint density at radius 1 is 1.31 bits per heavy atom. The third-order valence-electron chi connectivity index (χ3n) is 4.19. The summed E-state index contributed by atoms with van der Waals surface area (Å²) >= 11 is 0. The van der Waals surface area contributed by atoms with E-state index in [0.29, 0.717) is 33.6 Å². The van der Waals surface area contributed by atoms with E-state index in [0.717, 1.165) is 5.69 Å². The fourth-order valence-electron chi connectivity index (χ4n) is 2.89. The highest BCUT2D eigenvalue weighted by Crippen LogP contribution is 2.26. The molecule has 0 radical (unpaired) electrons. The second kappa shape index (κ2) is 8.19. The number of aryl methyl sites for hydroxylation is 1. The fraction of sp³-hybridized carbons (Fsp3) is 0.0952. The second-order valence-corrected chi connectivity index (χ2v) is 6.43. The molecule has 3 N–H and O–H groups in total. The van der Waals surface area contributed by atoms with Crippen molar-refractivity contribution < 1.29 is 4.79 Å². The van der Waals surface area contributed by atoms with Gasteiger partial charge in [0, 0.05) is 54.4 Å². The summed E-state index contributed by atoms with van der Waals surface area (Å²) in [6.45, 7) is 5.61. The number of benzene rings is 1. The number of carbonyl (C=O) groups is 1. The molecule has 144 valence electrons. The predicted octanol–water partition coefficient (Wildman–Crippen LogP) is 3.71. The first-order valence-corrected chi connectivity index (χ1v) is 8.68. The van der Waals surface area contributed by atoms with Gasteiger partial charge in [-0.1, -0.05) is 6.58 Å². The SMILES string of the molecule is C=C(C)c1c(C#N)cncc1C(=O)Nc1ccc(C=N)c(Nc2cnn(C)c2)c1. The van der Waals surface area contributed by atoms with E-state index < -0.39 is 5.91 Å². The molecule has 0 fully saturated rings. The molecule has 0 atom stereocenters. The third-order valence-corrected chi connectivity index (χ3v) is 4.19. The smallest absolute Gasteiger partial charge is 0.257 e. The average molecular weight is 385 g/mol. The quantitative estimate of drug-likeness (QED) is 0.559. The first-order valence-electron chi connectivity index (χ1n) is 8.68. The van der Waals surface area contributed by atoms with Crippen molar-refractivity contribution in [1.29, 1.82) is 10.7 Å². The van der Waals surface area contributed by atoms with Crippen LogP contribution in [0.15, 0.2) is 49.6 Å². The topological polar surface area (TPSA) is 119 Å². The molecule has 0 bridgehead atoms. The zero-order chi connectivity index (χ0) is 21.0. The molecule has 8 nitrogen and oxygen atoms in total. The molecule has 1 aromatic carbocycles. The van der Waals surface area contributed by atoms with E-state index in [1.165, 1.54) is 18.6 Å². The summed E-state index contributed by atoms with van der Waals surface area (Å²) in [6.07, 6.45) is 7.52. The maximum absolute atomic E-state index is 12.9. The fourth-order valence-corrected chi connectivity index (χ4v) is 2.89. The van der Waals surface area contributed by atoms with Crippen molar-refractivity contribution in [2.45, 2.75) is 6.92 Å². The molecule has 3 aromatic rings. The summed E-state index contributed by atoms with van der Waals surface area (Å²) in [4.78, 5) is 16.8. The van der Waals surface area contributed by atoms with Crippen LogP contribution in [0.4, 0.5) is 17.1 Å². The Labute approximate surface area is 168 Å². The van der Waals surface area contributed by atoms with Crippen LogP contribution >= 0.6 is 0 Å². The lowest BCUT2D eigenvalue weighted by Crippen LogP contribution is -2.15. The summed E-state index contributed by atoms with van der Waals surface area (Å²) in [7, 11) is 1.81. The van der Waals surface area contributed by atoms with E-state index in [1.807, 2.05) is 13.1 Å². The summed E-state index contributed by atoms with van der Waals surface area (Å²) in [5, 5.41) is 27.0. The number of amides is 1. The summed E-state index contributed by atoms with van der Waals surface area (Å²) in [5.74, 6) is -0.400. The standard InChI is InChI=1S/C21H19N7O/c1-13(2)20-15(8-23)9-24-11-18(20)21(29)27-16-5-4-14(7-22)19(6-16)26-17-10-25-28(3)12-17/h4-7,9-12,22,26H,1H2,2-3H3,(H,27,29). The Balaban J connectivity index is 1.92.